The second kappa shape index (κ2) is 5.66. The van der Waals surface area contributed by atoms with Crippen LogP contribution in [0.15, 0.2) is 5.38 Å². The summed E-state index contributed by atoms with van der Waals surface area (Å²) < 4.78 is 2.06. The fraction of sp³-hybridized carbons (Fsp3) is 0.600. The van der Waals surface area contributed by atoms with Crippen LogP contribution in [0.5, 0.6) is 0 Å². The predicted octanol–water partition coefficient (Wildman–Crippen LogP) is 3.46. The van der Waals surface area contributed by atoms with Crippen molar-refractivity contribution < 1.29 is 0 Å². The Bertz CT molecular complexity index is 593. The van der Waals surface area contributed by atoms with Gasteiger partial charge >= 0.3 is 0 Å². The molecular weight excluding hydrogens is 268 g/mol. The summed E-state index contributed by atoms with van der Waals surface area (Å²) in [6.07, 6.45) is 3.80. The van der Waals surface area contributed by atoms with Gasteiger partial charge < -0.3 is 5.32 Å². The zero-order valence-electron chi connectivity index (χ0n) is 12.4. The van der Waals surface area contributed by atoms with Gasteiger partial charge in [-0.1, -0.05) is 6.42 Å². The van der Waals surface area contributed by atoms with Gasteiger partial charge in [0.25, 0.3) is 0 Å². The zero-order chi connectivity index (χ0) is 14.1. The van der Waals surface area contributed by atoms with Crippen molar-refractivity contribution in [3.8, 4) is 11.3 Å². The summed E-state index contributed by atoms with van der Waals surface area (Å²) in [7, 11) is 0. The third kappa shape index (κ3) is 2.40. The Morgan fingerprint density at radius 3 is 2.90 bits per heavy atom. The minimum absolute atomic E-state index is 0.448. The van der Waals surface area contributed by atoms with E-state index >= 15 is 0 Å². The highest BCUT2D eigenvalue weighted by molar-refractivity contribution is 7.10. The fourth-order valence-corrected chi connectivity index (χ4v) is 3.92. The van der Waals surface area contributed by atoms with Gasteiger partial charge in [0.1, 0.15) is 5.01 Å². The van der Waals surface area contributed by atoms with E-state index in [1.54, 1.807) is 11.3 Å². The first-order chi connectivity index (χ1) is 9.70. The van der Waals surface area contributed by atoms with E-state index in [0.29, 0.717) is 6.04 Å². The van der Waals surface area contributed by atoms with Gasteiger partial charge in [-0.3, -0.25) is 4.68 Å². The number of thiazole rings is 1. The number of nitrogens with zero attached hydrogens (tertiary/aromatic N) is 3. The molecule has 3 heterocycles. The summed E-state index contributed by atoms with van der Waals surface area (Å²) in [5.74, 6) is 0. The number of aromatic nitrogens is 3. The third-order valence-electron chi connectivity index (χ3n) is 4.07. The van der Waals surface area contributed by atoms with Crippen molar-refractivity contribution in [1.82, 2.24) is 20.1 Å². The maximum atomic E-state index is 4.88. The normalized spacial score (nSPS) is 19.4. The molecule has 0 amide bonds. The first-order valence-electron chi connectivity index (χ1n) is 7.44. The third-order valence-corrected chi connectivity index (χ3v) is 5.03. The molecule has 0 saturated carbocycles. The second-order valence-electron chi connectivity index (χ2n) is 5.44. The van der Waals surface area contributed by atoms with Crippen molar-refractivity contribution in [2.45, 2.75) is 52.6 Å². The molecule has 0 bridgehead atoms. The van der Waals surface area contributed by atoms with E-state index < -0.39 is 0 Å². The van der Waals surface area contributed by atoms with Crippen molar-refractivity contribution in [3.05, 3.63) is 21.8 Å². The molecule has 1 atom stereocenters. The number of nitrogens with one attached hydrogen (secondary N) is 1. The average Bonchev–Trinajstić information content (AvgIpc) is 3.04. The predicted molar refractivity (Wildman–Crippen MR) is 83.1 cm³/mol. The van der Waals surface area contributed by atoms with Crippen molar-refractivity contribution in [3.63, 3.8) is 0 Å². The Balaban J connectivity index is 1.91. The standard InChI is InChI=1S/C15H22N4S/c1-4-19-11(3)14(10(2)18-19)13-9-20-15(17-13)12-7-5-6-8-16-12/h9,12,16H,4-8H2,1-3H3. The quantitative estimate of drug-likeness (QED) is 0.941. The lowest BCUT2D eigenvalue weighted by molar-refractivity contribution is 0.411. The highest BCUT2D eigenvalue weighted by Gasteiger charge is 2.20. The molecule has 5 heteroatoms. The van der Waals surface area contributed by atoms with Crippen LogP contribution < -0.4 is 5.32 Å². The van der Waals surface area contributed by atoms with Gasteiger partial charge in [0.15, 0.2) is 0 Å². The summed E-state index contributed by atoms with van der Waals surface area (Å²) >= 11 is 1.77. The Morgan fingerprint density at radius 2 is 2.25 bits per heavy atom. The summed E-state index contributed by atoms with van der Waals surface area (Å²) in [6, 6.07) is 0.448. The summed E-state index contributed by atoms with van der Waals surface area (Å²) in [5.41, 5.74) is 4.61. The largest absolute Gasteiger partial charge is 0.308 e. The van der Waals surface area contributed by atoms with Gasteiger partial charge in [0, 0.05) is 23.2 Å². The van der Waals surface area contributed by atoms with Crippen molar-refractivity contribution in [2.24, 2.45) is 0 Å². The minimum atomic E-state index is 0.448. The number of hydrogen-bond donors (Lipinski definition) is 1. The highest BCUT2D eigenvalue weighted by atomic mass is 32.1. The maximum absolute atomic E-state index is 4.88. The monoisotopic (exact) mass is 290 g/mol. The lowest BCUT2D eigenvalue weighted by atomic mass is 10.1. The molecule has 0 aliphatic carbocycles. The fourth-order valence-electron chi connectivity index (χ4n) is 3.00. The maximum Gasteiger partial charge on any atom is 0.110 e. The molecule has 4 nitrogen and oxygen atoms in total. The number of hydrogen-bond acceptors (Lipinski definition) is 4. The van der Waals surface area contributed by atoms with Gasteiger partial charge in [-0.2, -0.15) is 5.10 Å². The van der Waals surface area contributed by atoms with E-state index in [1.807, 2.05) is 0 Å². The highest BCUT2D eigenvalue weighted by Crippen LogP contribution is 2.32. The molecule has 1 N–H and O–H groups in total. The summed E-state index contributed by atoms with van der Waals surface area (Å²) in [4.78, 5) is 4.88. The first-order valence-corrected chi connectivity index (χ1v) is 8.32. The van der Waals surface area contributed by atoms with Crippen LogP contribution in [0, 0.1) is 13.8 Å². The van der Waals surface area contributed by atoms with Crippen molar-refractivity contribution >= 4 is 11.3 Å². The van der Waals surface area contributed by atoms with Crippen LogP contribution in [0.3, 0.4) is 0 Å². The number of piperidine rings is 1. The molecule has 1 unspecified atom stereocenters. The van der Waals surface area contributed by atoms with Crippen molar-refractivity contribution in [1.29, 1.82) is 0 Å². The first kappa shape index (κ1) is 13.8. The Morgan fingerprint density at radius 1 is 1.40 bits per heavy atom. The summed E-state index contributed by atoms with van der Waals surface area (Å²) in [6.45, 7) is 8.37. The average molecular weight is 290 g/mol. The van der Waals surface area contributed by atoms with E-state index in [4.69, 9.17) is 4.98 Å². The topological polar surface area (TPSA) is 42.7 Å². The van der Waals surface area contributed by atoms with Crippen LogP contribution in [0.2, 0.25) is 0 Å². The van der Waals surface area contributed by atoms with Crippen LogP contribution in [-0.2, 0) is 6.54 Å². The smallest absolute Gasteiger partial charge is 0.110 e. The molecule has 1 fully saturated rings. The molecule has 1 saturated heterocycles. The molecule has 2 aromatic heterocycles. The molecule has 1 aliphatic heterocycles. The molecular formula is C15H22N4S. The van der Waals surface area contributed by atoms with E-state index in [2.05, 4.69) is 41.2 Å². The van der Waals surface area contributed by atoms with Crippen LogP contribution >= 0.6 is 11.3 Å². The SMILES string of the molecule is CCn1nc(C)c(-c2csc(C3CCCCN3)n2)c1C. The van der Waals surface area contributed by atoms with E-state index in [1.165, 1.54) is 35.5 Å². The molecule has 20 heavy (non-hydrogen) atoms. The lowest BCUT2D eigenvalue weighted by Gasteiger charge is -2.21. The molecule has 0 spiro atoms. The summed E-state index contributed by atoms with van der Waals surface area (Å²) in [5, 5.41) is 11.6. The molecule has 2 aromatic rings. The van der Waals surface area contributed by atoms with Gasteiger partial charge in [-0.25, -0.2) is 4.98 Å². The van der Waals surface area contributed by atoms with E-state index in [9.17, 15) is 0 Å². The minimum Gasteiger partial charge on any atom is -0.308 e. The van der Waals surface area contributed by atoms with Gasteiger partial charge in [0.2, 0.25) is 0 Å². The molecule has 0 radical (unpaired) electrons. The van der Waals surface area contributed by atoms with E-state index in [-0.39, 0.29) is 0 Å². The lowest BCUT2D eigenvalue weighted by Crippen LogP contribution is -2.26. The van der Waals surface area contributed by atoms with E-state index in [0.717, 1.165) is 24.5 Å². The zero-order valence-corrected chi connectivity index (χ0v) is 13.3. The number of aryl methyl sites for hydroxylation is 2. The molecule has 1 aliphatic rings. The second-order valence-corrected chi connectivity index (χ2v) is 6.32. The Kier molecular flexibility index (Phi) is 3.89. The molecule has 0 aromatic carbocycles. The molecule has 108 valence electrons. The number of rotatable bonds is 3. The van der Waals surface area contributed by atoms with Gasteiger partial charge in [0.05, 0.1) is 17.4 Å². The Hall–Kier alpha value is -1.20. The Labute approximate surface area is 124 Å². The van der Waals surface area contributed by atoms with Gasteiger partial charge in [-0.05, 0) is 40.2 Å². The van der Waals surface area contributed by atoms with Crippen LogP contribution in [-0.4, -0.2) is 21.3 Å². The molecule has 3 rings (SSSR count). The van der Waals surface area contributed by atoms with Crippen molar-refractivity contribution in [2.75, 3.05) is 6.54 Å². The van der Waals surface area contributed by atoms with Crippen LogP contribution in [0.1, 0.15) is 48.6 Å². The van der Waals surface area contributed by atoms with Crippen LogP contribution in [0.4, 0.5) is 0 Å². The van der Waals surface area contributed by atoms with Gasteiger partial charge in [-0.15, -0.1) is 11.3 Å². The van der Waals surface area contributed by atoms with Crippen LogP contribution in [0.25, 0.3) is 11.3 Å².